The van der Waals surface area contributed by atoms with Crippen molar-refractivity contribution in [2.45, 2.75) is 125 Å². The molecule has 0 spiro atoms. The Labute approximate surface area is 162 Å². The van der Waals surface area contributed by atoms with Gasteiger partial charge in [-0.25, -0.2) is 0 Å². The molecule has 0 radical (unpaired) electrons. The Hall–Kier alpha value is 0.279. The number of hydrogen-bond donors (Lipinski definition) is 0. The first kappa shape index (κ1) is 21.6. The van der Waals surface area contributed by atoms with Gasteiger partial charge in [-0.2, -0.15) is 0 Å². The van der Waals surface area contributed by atoms with Crippen LogP contribution in [0.25, 0.3) is 0 Å². The maximum atomic E-state index is 2.81. The fourth-order valence-corrected chi connectivity index (χ4v) is 23.0. The van der Waals surface area contributed by atoms with Crippen molar-refractivity contribution in [3.05, 3.63) is 19.3 Å². The molecule has 0 aromatic carbocycles. The summed E-state index contributed by atoms with van der Waals surface area (Å²) in [5.41, 5.74) is 0. The molecule has 0 N–H and O–H groups in total. The standard InChI is InChI=1S/2C8H13.2C4H9.Sn/c2*1-2-4-6-8-7-5-3-1;2*1-3-4-2;/h2*1H,2,4-8H2;2*1,3-4H2,2H3;. The van der Waals surface area contributed by atoms with E-state index in [-0.39, 0.29) is 0 Å². The third-order valence-electron chi connectivity index (χ3n) is 6.73. The van der Waals surface area contributed by atoms with E-state index in [2.05, 4.69) is 33.2 Å². The second-order valence-electron chi connectivity index (χ2n) is 8.65. The molecule has 0 saturated heterocycles. The van der Waals surface area contributed by atoms with Crippen LogP contribution in [0.1, 0.15) is 117 Å². The Kier molecular flexibility index (Phi) is 10.9. The first-order chi connectivity index (χ1) is 12.3. The summed E-state index contributed by atoms with van der Waals surface area (Å²) in [6.45, 7) is 4.82. The van der Waals surface area contributed by atoms with Crippen molar-refractivity contribution in [1.82, 2.24) is 0 Å². The van der Waals surface area contributed by atoms with Crippen LogP contribution in [-0.4, -0.2) is 18.4 Å². The molecule has 0 aliphatic heterocycles. The molecule has 144 valence electrons. The van der Waals surface area contributed by atoms with Gasteiger partial charge in [0.1, 0.15) is 0 Å². The van der Waals surface area contributed by atoms with E-state index in [1.165, 1.54) is 103 Å². The zero-order valence-electron chi connectivity index (χ0n) is 17.4. The van der Waals surface area contributed by atoms with Crippen LogP contribution in [0, 0.1) is 0 Å². The molecule has 1 heteroatoms. The predicted octanol–water partition coefficient (Wildman–Crippen LogP) is 8.68. The van der Waals surface area contributed by atoms with Gasteiger partial charge in [0.05, 0.1) is 0 Å². The molecule has 0 aromatic heterocycles. The van der Waals surface area contributed by atoms with Crippen molar-refractivity contribution in [3.8, 4) is 0 Å². The van der Waals surface area contributed by atoms with Gasteiger partial charge in [0, 0.05) is 0 Å². The molecule has 0 saturated carbocycles. The predicted molar refractivity (Wildman–Crippen MR) is 117 cm³/mol. The van der Waals surface area contributed by atoms with Crippen LogP contribution in [-0.2, 0) is 0 Å². The normalized spacial score (nSPS) is 24.9. The SMILES string of the molecule is CCC[CH2][Sn]([CH2]CCC)(/[C]1=C/CCCCCC1)/[C]1=C/CCCCCC1. The van der Waals surface area contributed by atoms with Crippen LogP contribution in [0.2, 0.25) is 8.87 Å². The molecule has 2 aliphatic carbocycles. The molecular formula is C24H44Sn. The minimum absolute atomic E-state index is 1.39. The summed E-state index contributed by atoms with van der Waals surface area (Å²) in [5.74, 6) is 0. The maximum absolute atomic E-state index is 2.81. The van der Waals surface area contributed by atoms with Gasteiger partial charge < -0.3 is 0 Å². The summed E-state index contributed by atoms with van der Waals surface area (Å²) in [7, 11) is 0. The summed E-state index contributed by atoms with van der Waals surface area (Å²) >= 11 is -2.37. The van der Waals surface area contributed by atoms with Crippen LogP contribution in [0.5, 0.6) is 0 Å². The summed E-state index contributed by atoms with van der Waals surface area (Å²) < 4.78 is 7.40. The molecule has 2 rings (SSSR count). The van der Waals surface area contributed by atoms with Crippen molar-refractivity contribution in [1.29, 1.82) is 0 Å². The van der Waals surface area contributed by atoms with Gasteiger partial charge in [-0.05, 0) is 0 Å². The summed E-state index contributed by atoms with van der Waals surface area (Å²) in [4.78, 5) is 0. The second kappa shape index (κ2) is 12.6. The third-order valence-corrected chi connectivity index (χ3v) is 23.2. The van der Waals surface area contributed by atoms with Gasteiger partial charge in [-0.1, -0.05) is 0 Å². The van der Waals surface area contributed by atoms with E-state index in [1.807, 2.05) is 0 Å². The number of rotatable bonds is 8. The molecule has 0 atom stereocenters. The van der Waals surface area contributed by atoms with E-state index in [0.717, 1.165) is 0 Å². The van der Waals surface area contributed by atoms with Crippen molar-refractivity contribution in [3.63, 3.8) is 0 Å². The van der Waals surface area contributed by atoms with E-state index in [4.69, 9.17) is 0 Å². The van der Waals surface area contributed by atoms with E-state index in [0.29, 0.717) is 0 Å². The molecule has 25 heavy (non-hydrogen) atoms. The Balaban J connectivity index is 2.36. The average Bonchev–Trinajstić information content (AvgIpc) is 2.56. The summed E-state index contributed by atoms with van der Waals surface area (Å²) in [6, 6.07) is 0. The van der Waals surface area contributed by atoms with E-state index < -0.39 is 18.4 Å². The van der Waals surface area contributed by atoms with Crippen LogP contribution >= 0.6 is 0 Å². The van der Waals surface area contributed by atoms with Gasteiger partial charge in [-0.3, -0.25) is 0 Å². The topological polar surface area (TPSA) is 0 Å². The summed E-state index contributed by atoms with van der Waals surface area (Å²) in [6.07, 6.45) is 28.9. The Morgan fingerprint density at radius 1 is 0.640 bits per heavy atom. The van der Waals surface area contributed by atoms with Crippen LogP contribution in [0.4, 0.5) is 0 Å². The molecular weight excluding hydrogens is 407 g/mol. The first-order valence-electron chi connectivity index (χ1n) is 11.7. The fraction of sp³-hybridized carbons (Fsp3) is 0.833. The number of unbranched alkanes of at least 4 members (excludes halogenated alkanes) is 2. The van der Waals surface area contributed by atoms with E-state index >= 15 is 0 Å². The zero-order valence-corrected chi connectivity index (χ0v) is 20.2. The molecule has 0 amide bonds. The number of allylic oxidation sites excluding steroid dienone is 4. The third kappa shape index (κ3) is 6.74. The van der Waals surface area contributed by atoms with Crippen molar-refractivity contribution in [2.75, 3.05) is 0 Å². The van der Waals surface area contributed by atoms with Gasteiger partial charge in [0.25, 0.3) is 0 Å². The van der Waals surface area contributed by atoms with Crippen LogP contribution < -0.4 is 0 Å². The molecule has 0 fully saturated rings. The van der Waals surface area contributed by atoms with Gasteiger partial charge >= 0.3 is 163 Å². The van der Waals surface area contributed by atoms with Gasteiger partial charge in [0.2, 0.25) is 0 Å². The zero-order chi connectivity index (χ0) is 17.8. The first-order valence-corrected chi connectivity index (χ1v) is 18.6. The average molecular weight is 451 g/mol. The summed E-state index contributed by atoms with van der Waals surface area (Å²) in [5, 5.41) is 0. The van der Waals surface area contributed by atoms with E-state index in [1.54, 1.807) is 8.87 Å². The van der Waals surface area contributed by atoms with Crippen molar-refractivity contribution < 1.29 is 0 Å². The van der Waals surface area contributed by atoms with Crippen molar-refractivity contribution >= 4 is 18.4 Å². The van der Waals surface area contributed by atoms with Crippen LogP contribution in [0.15, 0.2) is 19.3 Å². The Morgan fingerprint density at radius 2 is 1.08 bits per heavy atom. The Bertz CT molecular complexity index is 378. The number of hydrogen-bond acceptors (Lipinski definition) is 0. The van der Waals surface area contributed by atoms with Crippen molar-refractivity contribution in [2.24, 2.45) is 0 Å². The van der Waals surface area contributed by atoms with Gasteiger partial charge in [-0.15, -0.1) is 0 Å². The molecule has 0 unspecified atom stereocenters. The van der Waals surface area contributed by atoms with E-state index in [9.17, 15) is 0 Å². The molecule has 0 heterocycles. The van der Waals surface area contributed by atoms with Gasteiger partial charge in [0.15, 0.2) is 0 Å². The fourth-order valence-electron chi connectivity index (χ4n) is 5.18. The molecule has 0 aromatic rings. The van der Waals surface area contributed by atoms with Crippen LogP contribution in [0.3, 0.4) is 0 Å². The molecule has 2 aliphatic rings. The molecule has 0 nitrogen and oxygen atoms in total. The molecule has 0 bridgehead atoms. The quantitative estimate of drug-likeness (QED) is 0.324. The minimum atomic E-state index is -2.37. The Morgan fingerprint density at radius 3 is 1.52 bits per heavy atom. The monoisotopic (exact) mass is 452 g/mol. The second-order valence-corrected chi connectivity index (χ2v) is 21.4.